The number of ketones is 1. The van der Waals surface area contributed by atoms with Gasteiger partial charge in [-0.2, -0.15) is 0 Å². The van der Waals surface area contributed by atoms with Crippen LogP contribution in [0.15, 0.2) is 24.3 Å². The molecule has 5 atom stereocenters. The van der Waals surface area contributed by atoms with E-state index >= 15 is 0 Å². The molecule has 2 saturated carbocycles. The molecule has 216 valence electrons. The molecule has 1 aromatic carbocycles. The Balaban J connectivity index is 1.39. The Bertz CT molecular complexity index is 1200. The maximum Gasteiger partial charge on any atom is 0.408 e. The van der Waals surface area contributed by atoms with E-state index in [-0.39, 0.29) is 41.1 Å². The molecule has 1 heterocycles. The summed E-state index contributed by atoms with van der Waals surface area (Å²) in [5.74, 6) is -2.59. The SMILES string of the molecule is CC(C)OC(=O)NC(C(=O)N1CC2C(C1C(=O)NC(CC1CC1)C(=O)C(N)=O)C2(C)C)C1Cc2ccccc2C1. The Labute approximate surface area is 234 Å². The molecule has 4 N–H and O–H groups in total. The number of Topliss-reactive ketones (excluding diaryl/α,β-unsaturated/α-hetero) is 1. The summed E-state index contributed by atoms with van der Waals surface area (Å²) in [6, 6.07) is 5.27. The first-order valence-corrected chi connectivity index (χ1v) is 14.4. The third-order valence-electron chi connectivity index (χ3n) is 9.34. The Morgan fingerprint density at radius 3 is 2.23 bits per heavy atom. The fourth-order valence-electron chi connectivity index (χ4n) is 6.92. The third kappa shape index (κ3) is 5.45. The monoisotopic (exact) mass is 552 g/mol. The molecule has 0 bridgehead atoms. The number of alkyl carbamates (subject to hydrolysis) is 1. The molecule has 10 nitrogen and oxygen atoms in total. The Kier molecular flexibility index (Phi) is 7.39. The van der Waals surface area contributed by atoms with E-state index in [1.807, 2.05) is 24.3 Å². The van der Waals surface area contributed by atoms with Gasteiger partial charge in [0.05, 0.1) is 12.1 Å². The van der Waals surface area contributed by atoms with Crippen LogP contribution in [-0.4, -0.2) is 65.3 Å². The van der Waals surface area contributed by atoms with Crippen molar-refractivity contribution in [1.82, 2.24) is 15.5 Å². The number of nitrogens with two attached hydrogens (primary N) is 1. The fourth-order valence-corrected chi connectivity index (χ4v) is 6.92. The number of ether oxygens (including phenoxy) is 1. The number of benzene rings is 1. The second-order valence-corrected chi connectivity index (χ2v) is 12.9. The Morgan fingerprint density at radius 2 is 1.68 bits per heavy atom. The van der Waals surface area contributed by atoms with E-state index in [4.69, 9.17) is 10.5 Å². The van der Waals surface area contributed by atoms with Crippen molar-refractivity contribution in [3.63, 3.8) is 0 Å². The van der Waals surface area contributed by atoms with Crippen LogP contribution in [0, 0.1) is 29.1 Å². The summed E-state index contributed by atoms with van der Waals surface area (Å²) in [5.41, 5.74) is 7.41. The molecule has 10 heteroatoms. The molecule has 3 fully saturated rings. The molecule has 1 saturated heterocycles. The number of amides is 4. The van der Waals surface area contributed by atoms with E-state index < -0.39 is 41.8 Å². The van der Waals surface area contributed by atoms with Crippen LogP contribution in [0.4, 0.5) is 4.79 Å². The first kappa shape index (κ1) is 28.1. The molecule has 3 aliphatic carbocycles. The highest BCUT2D eigenvalue weighted by Gasteiger charge is 2.69. The van der Waals surface area contributed by atoms with Crippen molar-refractivity contribution >= 4 is 29.6 Å². The van der Waals surface area contributed by atoms with Crippen molar-refractivity contribution in [2.45, 2.75) is 84.0 Å². The van der Waals surface area contributed by atoms with Crippen molar-refractivity contribution in [2.75, 3.05) is 6.54 Å². The number of hydrogen-bond acceptors (Lipinski definition) is 6. The van der Waals surface area contributed by atoms with Gasteiger partial charge in [0.25, 0.3) is 5.91 Å². The van der Waals surface area contributed by atoms with Crippen LogP contribution in [0.2, 0.25) is 0 Å². The quantitative estimate of drug-likeness (QED) is 0.377. The van der Waals surface area contributed by atoms with Crippen LogP contribution in [-0.2, 0) is 36.8 Å². The summed E-state index contributed by atoms with van der Waals surface area (Å²) in [7, 11) is 0. The number of nitrogens with zero attached hydrogens (tertiary/aromatic N) is 1. The molecule has 40 heavy (non-hydrogen) atoms. The highest BCUT2D eigenvalue weighted by atomic mass is 16.6. The zero-order valence-corrected chi connectivity index (χ0v) is 23.6. The standard InChI is InChI=1S/C30H40N4O6/c1-15(2)40-29(39)33-23(19-12-17-7-5-6-8-18(17)13-19)28(38)34-14-20-22(30(20,3)4)24(34)27(37)32-21(11-16-9-10-16)25(35)26(31)36/h5-8,15-16,19-24H,9-14H2,1-4H3,(H2,31,36)(H,32,37)(H,33,39). The summed E-state index contributed by atoms with van der Waals surface area (Å²) in [4.78, 5) is 66.6. The van der Waals surface area contributed by atoms with Gasteiger partial charge in [-0.25, -0.2) is 4.79 Å². The zero-order chi connectivity index (χ0) is 28.9. The number of likely N-dealkylation sites (tertiary alicyclic amines) is 1. The van der Waals surface area contributed by atoms with Crippen LogP contribution in [0.25, 0.3) is 0 Å². The van der Waals surface area contributed by atoms with Gasteiger partial charge in [0.2, 0.25) is 17.6 Å². The first-order valence-electron chi connectivity index (χ1n) is 14.4. The van der Waals surface area contributed by atoms with Gasteiger partial charge in [-0.1, -0.05) is 51.0 Å². The lowest BCUT2D eigenvalue weighted by atomic mass is 9.93. The average molecular weight is 553 g/mol. The number of nitrogens with one attached hydrogen (secondary N) is 2. The lowest BCUT2D eigenvalue weighted by molar-refractivity contribution is -0.144. The van der Waals surface area contributed by atoms with E-state index in [9.17, 15) is 24.0 Å². The molecular formula is C30H40N4O6. The number of carbonyl (C=O) groups excluding carboxylic acids is 5. The predicted octanol–water partition coefficient (Wildman–Crippen LogP) is 1.73. The van der Waals surface area contributed by atoms with Crippen molar-refractivity contribution in [3.05, 3.63) is 35.4 Å². The summed E-state index contributed by atoms with van der Waals surface area (Å²) < 4.78 is 5.33. The fraction of sp³-hybridized carbons (Fsp3) is 0.633. The van der Waals surface area contributed by atoms with Crippen molar-refractivity contribution < 1.29 is 28.7 Å². The summed E-state index contributed by atoms with van der Waals surface area (Å²) in [6.07, 6.45) is 2.44. The maximum absolute atomic E-state index is 14.2. The van der Waals surface area contributed by atoms with E-state index in [1.54, 1.807) is 18.7 Å². The second kappa shape index (κ2) is 10.5. The molecule has 0 radical (unpaired) electrons. The smallest absolute Gasteiger partial charge is 0.408 e. The summed E-state index contributed by atoms with van der Waals surface area (Å²) in [5, 5.41) is 5.61. The molecule has 0 spiro atoms. The van der Waals surface area contributed by atoms with Gasteiger partial charge in [0, 0.05) is 6.54 Å². The number of rotatable bonds is 10. The lowest BCUT2D eigenvalue weighted by Gasteiger charge is -2.35. The Hall–Kier alpha value is -3.43. The molecule has 4 aliphatic rings. The van der Waals surface area contributed by atoms with Crippen LogP contribution >= 0.6 is 0 Å². The number of hydrogen-bond donors (Lipinski definition) is 3. The van der Waals surface area contributed by atoms with Gasteiger partial charge in [-0.15, -0.1) is 0 Å². The van der Waals surface area contributed by atoms with Gasteiger partial charge in [0.15, 0.2) is 0 Å². The van der Waals surface area contributed by atoms with E-state index in [2.05, 4.69) is 24.5 Å². The molecule has 5 rings (SSSR count). The number of piperidine rings is 1. The highest BCUT2D eigenvalue weighted by molar-refractivity contribution is 6.37. The third-order valence-corrected chi connectivity index (χ3v) is 9.34. The van der Waals surface area contributed by atoms with Crippen molar-refractivity contribution in [1.29, 1.82) is 0 Å². The topological polar surface area (TPSA) is 148 Å². The molecule has 1 aliphatic heterocycles. The average Bonchev–Trinajstić information content (AvgIpc) is 3.64. The lowest BCUT2D eigenvalue weighted by Crippen LogP contribution is -2.59. The zero-order valence-electron chi connectivity index (χ0n) is 23.6. The minimum Gasteiger partial charge on any atom is -0.447 e. The van der Waals surface area contributed by atoms with Crippen LogP contribution in [0.5, 0.6) is 0 Å². The largest absolute Gasteiger partial charge is 0.447 e. The number of primary amides is 1. The van der Waals surface area contributed by atoms with E-state index in [0.717, 1.165) is 24.0 Å². The van der Waals surface area contributed by atoms with Crippen LogP contribution in [0.1, 0.15) is 58.1 Å². The van der Waals surface area contributed by atoms with Crippen molar-refractivity contribution in [3.8, 4) is 0 Å². The Morgan fingerprint density at radius 1 is 1.05 bits per heavy atom. The predicted molar refractivity (Wildman–Crippen MR) is 146 cm³/mol. The highest BCUT2D eigenvalue weighted by Crippen LogP contribution is 2.65. The van der Waals surface area contributed by atoms with Gasteiger partial charge >= 0.3 is 6.09 Å². The van der Waals surface area contributed by atoms with Crippen LogP contribution < -0.4 is 16.4 Å². The number of carbonyl (C=O) groups is 5. The van der Waals surface area contributed by atoms with E-state index in [1.165, 1.54) is 0 Å². The van der Waals surface area contributed by atoms with Gasteiger partial charge in [-0.3, -0.25) is 19.2 Å². The van der Waals surface area contributed by atoms with E-state index in [0.29, 0.717) is 25.8 Å². The normalized spacial score (nSPS) is 25.9. The van der Waals surface area contributed by atoms with Gasteiger partial charge < -0.3 is 26.0 Å². The maximum atomic E-state index is 14.2. The molecular weight excluding hydrogens is 512 g/mol. The minimum absolute atomic E-state index is 0.0919. The molecule has 1 aromatic rings. The molecule has 0 aromatic heterocycles. The van der Waals surface area contributed by atoms with Gasteiger partial charge in [-0.05, 0) is 73.3 Å². The van der Waals surface area contributed by atoms with Crippen molar-refractivity contribution in [2.24, 2.45) is 34.8 Å². The van der Waals surface area contributed by atoms with Crippen LogP contribution in [0.3, 0.4) is 0 Å². The molecule has 4 amide bonds. The second-order valence-electron chi connectivity index (χ2n) is 12.9. The minimum atomic E-state index is -1.08. The summed E-state index contributed by atoms with van der Waals surface area (Å²) in [6.45, 7) is 8.00. The summed E-state index contributed by atoms with van der Waals surface area (Å²) >= 11 is 0. The molecule has 5 unspecified atom stereocenters. The number of fused-ring (bicyclic) bond motifs is 2. The van der Waals surface area contributed by atoms with Gasteiger partial charge in [0.1, 0.15) is 12.1 Å². The first-order chi connectivity index (χ1) is 18.9.